The minimum atomic E-state index is 0.192. The Labute approximate surface area is 70.8 Å². The number of amidine groups is 1. The molecule has 0 aromatic heterocycles. The van der Waals surface area contributed by atoms with Crippen molar-refractivity contribution >= 4 is 5.84 Å². The minimum Gasteiger partial charge on any atom is -0.409 e. The molecule has 0 atom stereocenters. The molecule has 1 rings (SSSR count). The van der Waals surface area contributed by atoms with Crippen molar-refractivity contribution in [3.8, 4) is 0 Å². The van der Waals surface area contributed by atoms with Crippen molar-refractivity contribution in [2.24, 2.45) is 10.9 Å². The number of hydrogen-bond acceptors (Lipinski definition) is 3. The molecule has 0 spiro atoms. The van der Waals surface area contributed by atoms with E-state index >= 15 is 0 Å². The van der Waals surface area contributed by atoms with Gasteiger partial charge in [0.05, 0.1) is 0 Å². The second-order valence-corrected chi connectivity index (χ2v) is 2.35. The van der Waals surface area contributed by atoms with Gasteiger partial charge in [-0.25, -0.2) is 0 Å². The zero-order valence-corrected chi connectivity index (χ0v) is 6.57. The zero-order valence-electron chi connectivity index (χ0n) is 6.57. The van der Waals surface area contributed by atoms with E-state index in [1.54, 1.807) is 6.20 Å². The molecule has 4 N–H and O–H groups in total. The van der Waals surface area contributed by atoms with Crippen LogP contribution in [0.15, 0.2) is 41.4 Å². The Balaban J connectivity index is 2.58. The Hall–Kier alpha value is -1.71. The van der Waals surface area contributed by atoms with E-state index in [1.807, 2.05) is 24.3 Å². The van der Waals surface area contributed by atoms with Gasteiger partial charge in [-0.3, -0.25) is 0 Å². The third kappa shape index (κ3) is 2.49. The van der Waals surface area contributed by atoms with Gasteiger partial charge in [0.2, 0.25) is 0 Å². The van der Waals surface area contributed by atoms with Crippen LogP contribution in [0, 0.1) is 0 Å². The standard InChI is InChI=1S/C8H11N3O/c9-8(11-12)6-7-4-2-1-3-5-10-7/h1-5,10,12H,6H2,(H2,9,11). The van der Waals surface area contributed by atoms with E-state index < -0.39 is 0 Å². The fourth-order valence-electron chi connectivity index (χ4n) is 0.835. The first-order valence-corrected chi connectivity index (χ1v) is 3.58. The highest BCUT2D eigenvalue weighted by Crippen LogP contribution is 2.00. The molecule has 0 unspecified atom stereocenters. The first-order chi connectivity index (χ1) is 5.83. The molecule has 0 aromatic carbocycles. The predicted octanol–water partition coefficient (Wildman–Crippen LogP) is 0.680. The molecular weight excluding hydrogens is 154 g/mol. The molecule has 0 bridgehead atoms. The van der Waals surface area contributed by atoms with Gasteiger partial charge in [0.1, 0.15) is 5.84 Å². The van der Waals surface area contributed by atoms with Crippen LogP contribution in [0.5, 0.6) is 0 Å². The Morgan fingerprint density at radius 3 is 3.08 bits per heavy atom. The minimum absolute atomic E-state index is 0.192. The van der Waals surface area contributed by atoms with Gasteiger partial charge in [-0.15, -0.1) is 0 Å². The molecule has 64 valence electrons. The van der Waals surface area contributed by atoms with Gasteiger partial charge in [0, 0.05) is 18.3 Å². The molecule has 4 nitrogen and oxygen atoms in total. The molecule has 1 aliphatic rings. The lowest BCUT2D eigenvalue weighted by molar-refractivity contribution is 0.317. The van der Waals surface area contributed by atoms with Crippen molar-refractivity contribution in [3.63, 3.8) is 0 Å². The van der Waals surface area contributed by atoms with Gasteiger partial charge in [-0.1, -0.05) is 17.3 Å². The summed E-state index contributed by atoms with van der Waals surface area (Å²) >= 11 is 0. The summed E-state index contributed by atoms with van der Waals surface area (Å²) in [4.78, 5) is 0. The van der Waals surface area contributed by atoms with Crippen molar-refractivity contribution in [2.75, 3.05) is 0 Å². The molecule has 0 aromatic rings. The molecule has 0 aliphatic carbocycles. The van der Waals surface area contributed by atoms with Crippen LogP contribution in [-0.4, -0.2) is 11.0 Å². The summed E-state index contributed by atoms with van der Waals surface area (Å²) in [5.41, 5.74) is 6.22. The Morgan fingerprint density at radius 1 is 1.50 bits per heavy atom. The number of oxime groups is 1. The average Bonchev–Trinajstić information content (AvgIpc) is 2.33. The second-order valence-electron chi connectivity index (χ2n) is 2.35. The lowest BCUT2D eigenvalue weighted by atomic mass is 10.3. The number of hydrogen-bond donors (Lipinski definition) is 3. The summed E-state index contributed by atoms with van der Waals surface area (Å²) in [5.74, 6) is 0.192. The van der Waals surface area contributed by atoms with Crippen LogP contribution in [0.1, 0.15) is 6.42 Å². The summed E-state index contributed by atoms with van der Waals surface area (Å²) in [6, 6.07) is 0. The highest BCUT2D eigenvalue weighted by molar-refractivity contribution is 5.81. The molecular formula is C8H11N3O. The maximum atomic E-state index is 8.31. The third-order valence-electron chi connectivity index (χ3n) is 1.38. The van der Waals surface area contributed by atoms with E-state index in [-0.39, 0.29) is 5.84 Å². The van der Waals surface area contributed by atoms with E-state index in [4.69, 9.17) is 10.9 Å². The molecule has 0 fully saturated rings. The maximum absolute atomic E-state index is 8.31. The highest BCUT2D eigenvalue weighted by atomic mass is 16.4. The van der Waals surface area contributed by atoms with Crippen molar-refractivity contribution in [2.45, 2.75) is 6.42 Å². The predicted molar refractivity (Wildman–Crippen MR) is 47.5 cm³/mol. The normalized spacial score (nSPS) is 16.7. The smallest absolute Gasteiger partial charge is 0.145 e. The fourth-order valence-corrected chi connectivity index (χ4v) is 0.835. The van der Waals surface area contributed by atoms with Crippen molar-refractivity contribution in [1.29, 1.82) is 0 Å². The lowest BCUT2D eigenvalue weighted by Gasteiger charge is -2.03. The number of nitrogens with two attached hydrogens (primary N) is 1. The first kappa shape index (κ1) is 8.39. The molecule has 12 heavy (non-hydrogen) atoms. The zero-order chi connectivity index (χ0) is 8.81. The number of nitrogens with zero attached hydrogens (tertiary/aromatic N) is 1. The molecule has 4 heteroatoms. The van der Waals surface area contributed by atoms with Crippen molar-refractivity contribution < 1.29 is 5.21 Å². The molecule has 1 aliphatic heterocycles. The molecule has 1 heterocycles. The lowest BCUT2D eigenvalue weighted by Crippen LogP contribution is -2.17. The second kappa shape index (κ2) is 4.23. The van der Waals surface area contributed by atoms with Gasteiger partial charge in [0.15, 0.2) is 0 Å². The van der Waals surface area contributed by atoms with Crippen LogP contribution in [0.3, 0.4) is 0 Å². The largest absolute Gasteiger partial charge is 0.409 e. The summed E-state index contributed by atoms with van der Waals surface area (Å²) < 4.78 is 0. The highest BCUT2D eigenvalue weighted by Gasteiger charge is 1.98. The van der Waals surface area contributed by atoms with E-state index in [0.717, 1.165) is 5.70 Å². The van der Waals surface area contributed by atoms with Gasteiger partial charge in [-0.05, 0) is 12.2 Å². The van der Waals surface area contributed by atoms with Gasteiger partial charge in [0.25, 0.3) is 0 Å². The quantitative estimate of drug-likeness (QED) is 0.244. The van der Waals surface area contributed by atoms with Crippen LogP contribution < -0.4 is 11.1 Å². The Morgan fingerprint density at radius 2 is 2.33 bits per heavy atom. The molecule has 0 saturated carbocycles. The fraction of sp³-hybridized carbons (Fsp3) is 0.125. The maximum Gasteiger partial charge on any atom is 0.145 e. The SMILES string of the molecule is NC(CC1=CC=CC=CN1)=NO. The Kier molecular flexibility index (Phi) is 2.95. The molecule has 0 saturated heterocycles. The van der Waals surface area contributed by atoms with Crippen LogP contribution in [0.4, 0.5) is 0 Å². The van der Waals surface area contributed by atoms with E-state index in [9.17, 15) is 0 Å². The topological polar surface area (TPSA) is 70.6 Å². The van der Waals surface area contributed by atoms with Crippen LogP contribution in [-0.2, 0) is 0 Å². The first-order valence-electron chi connectivity index (χ1n) is 3.58. The number of nitrogens with one attached hydrogen (secondary N) is 1. The van der Waals surface area contributed by atoms with Crippen LogP contribution >= 0.6 is 0 Å². The summed E-state index contributed by atoms with van der Waals surface area (Å²) in [6.45, 7) is 0. The van der Waals surface area contributed by atoms with Crippen LogP contribution in [0.25, 0.3) is 0 Å². The van der Waals surface area contributed by atoms with E-state index in [1.165, 1.54) is 0 Å². The van der Waals surface area contributed by atoms with E-state index in [2.05, 4.69) is 10.5 Å². The summed E-state index contributed by atoms with van der Waals surface area (Å²) in [6.07, 6.45) is 9.74. The van der Waals surface area contributed by atoms with Gasteiger partial charge >= 0.3 is 0 Å². The van der Waals surface area contributed by atoms with Gasteiger partial charge in [-0.2, -0.15) is 0 Å². The van der Waals surface area contributed by atoms with Crippen LogP contribution in [0.2, 0.25) is 0 Å². The molecule has 0 amide bonds. The van der Waals surface area contributed by atoms with Crippen molar-refractivity contribution in [3.05, 3.63) is 36.2 Å². The average molecular weight is 165 g/mol. The Bertz CT molecular complexity index is 263. The third-order valence-corrected chi connectivity index (χ3v) is 1.38. The monoisotopic (exact) mass is 165 g/mol. The molecule has 0 radical (unpaired) electrons. The number of rotatable bonds is 2. The van der Waals surface area contributed by atoms with Gasteiger partial charge < -0.3 is 16.3 Å². The summed E-state index contributed by atoms with van der Waals surface area (Å²) in [7, 11) is 0. The van der Waals surface area contributed by atoms with E-state index in [0.29, 0.717) is 6.42 Å². The summed E-state index contributed by atoms with van der Waals surface area (Å²) in [5, 5.41) is 14.2. The number of allylic oxidation sites excluding steroid dienone is 4. The van der Waals surface area contributed by atoms with Crippen molar-refractivity contribution in [1.82, 2.24) is 5.32 Å².